The molecule has 120 valence electrons. The van der Waals surface area contributed by atoms with E-state index in [9.17, 15) is 0 Å². The predicted molar refractivity (Wildman–Crippen MR) is 88.4 cm³/mol. The number of hydrogen-bond acceptors (Lipinski definition) is 4. The van der Waals surface area contributed by atoms with Gasteiger partial charge in [-0.3, -0.25) is 0 Å². The second kappa shape index (κ2) is 9.64. The van der Waals surface area contributed by atoms with Gasteiger partial charge in [-0.2, -0.15) is 0 Å². The zero-order valence-electron chi connectivity index (χ0n) is 14.1. The fraction of sp³-hybridized carbons (Fsp3) is 0.647. The van der Waals surface area contributed by atoms with Gasteiger partial charge in [0.1, 0.15) is 11.5 Å². The van der Waals surface area contributed by atoms with Crippen molar-refractivity contribution in [3.05, 3.63) is 23.8 Å². The predicted octanol–water partition coefficient (Wildman–Crippen LogP) is 3.09. The molecule has 4 heteroatoms. The summed E-state index contributed by atoms with van der Waals surface area (Å²) in [6, 6.07) is 6.30. The lowest BCUT2D eigenvalue weighted by atomic mass is 10.0. The van der Waals surface area contributed by atoms with E-state index in [1.54, 1.807) is 14.2 Å². The van der Waals surface area contributed by atoms with Gasteiger partial charge in [0.15, 0.2) is 0 Å². The Balaban J connectivity index is 2.88. The lowest BCUT2D eigenvalue weighted by molar-refractivity contribution is 0.283. The molecule has 1 aromatic rings. The molecule has 0 saturated carbocycles. The molecule has 0 bridgehead atoms. The van der Waals surface area contributed by atoms with Crippen LogP contribution in [-0.4, -0.2) is 45.8 Å². The zero-order valence-corrected chi connectivity index (χ0v) is 14.1. The van der Waals surface area contributed by atoms with Crippen molar-refractivity contribution >= 4 is 0 Å². The quantitative estimate of drug-likeness (QED) is 0.719. The normalized spacial score (nSPS) is 12.5. The van der Waals surface area contributed by atoms with Crippen LogP contribution in [-0.2, 0) is 0 Å². The molecule has 0 radical (unpaired) electrons. The molecule has 0 aromatic heterocycles. The topological polar surface area (TPSA) is 33.7 Å². The Morgan fingerprint density at radius 2 is 1.95 bits per heavy atom. The smallest absolute Gasteiger partial charge is 0.127 e. The number of hydrogen-bond donors (Lipinski definition) is 1. The maximum absolute atomic E-state index is 5.54. The summed E-state index contributed by atoms with van der Waals surface area (Å²) >= 11 is 0. The Morgan fingerprint density at radius 3 is 2.52 bits per heavy atom. The number of nitrogens with zero attached hydrogens (tertiary/aromatic N) is 1. The van der Waals surface area contributed by atoms with Crippen LogP contribution in [0.3, 0.4) is 0 Å². The number of rotatable bonds is 10. The molecule has 0 fully saturated rings. The van der Waals surface area contributed by atoms with Crippen LogP contribution < -0.4 is 14.8 Å². The summed E-state index contributed by atoms with van der Waals surface area (Å²) in [6.45, 7) is 7.38. The Labute approximate surface area is 129 Å². The molecule has 0 heterocycles. The minimum atomic E-state index is 0.262. The van der Waals surface area contributed by atoms with E-state index in [-0.39, 0.29) is 6.04 Å². The van der Waals surface area contributed by atoms with Gasteiger partial charge in [-0.25, -0.2) is 0 Å². The molecule has 1 N–H and O–H groups in total. The first-order valence-electron chi connectivity index (χ1n) is 7.80. The minimum absolute atomic E-state index is 0.262. The number of likely N-dealkylation sites (N-methyl/N-ethyl adjacent to an activating group) is 2. The summed E-state index contributed by atoms with van der Waals surface area (Å²) in [5, 5.41) is 3.56. The first kappa shape index (κ1) is 17.8. The number of benzene rings is 1. The fourth-order valence-corrected chi connectivity index (χ4v) is 2.46. The average molecular weight is 294 g/mol. The van der Waals surface area contributed by atoms with E-state index < -0.39 is 0 Å². The van der Waals surface area contributed by atoms with Crippen LogP contribution in [0.1, 0.15) is 38.3 Å². The molecule has 1 atom stereocenters. The molecule has 0 aliphatic heterocycles. The zero-order chi connectivity index (χ0) is 15.7. The molecule has 0 saturated heterocycles. The van der Waals surface area contributed by atoms with Crippen LogP contribution in [0.15, 0.2) is 18.2 Å². The Morgan fingerprint density at radius 1 is 1.19 bits per heavy atom. The second-order valence-corrected chi connectivity index (χ2v) is 5.33. The Bertz CT molecular complexity index is 410. The van der Waals surface area contributed by atoms with E-state index in [2.05, 4.69) is 37.2 Å². The molecule has 0 aliphatic rings. The molecular weight excluding hydrogens is 264 g/mol. The lowest BCUT2D eigenvalue weighted by Gasteiger charge is -2.26. The van der Waals surface area contributed by atoms with E-state index in [0.29, 0.717) is 0 Å². The van der Waals surface area contributed by atoms with Gasteiger partial charge < -0.3 is 19.7 Å². The van der Waals surface area contributed by atoms with Crippen LogP contribution >= 0.6 is 0 Å². The van der Waals surface area contributed by atoms with Crippen LogP contribution in [0, 0.1) is 0 Å². The van der Waals surface area contributed by atoms with Crippen molar-refractivity contribution in [3.8, 4) is 11.5 Å². The minimum Gasteiger partial charge on any atom is -0.497 e. The average Bonchev–Trinajstić information content (AvgIpc) is 2.51. The molecule has 0 amide bonds. The summed E-state index contributed by atoms with van der Waals surface area (Å²) < 4.78 is 10.8. The molecular formula is C17H30N2O2. The number of methoxy groups -OCH3 is 2. The Hall–Kier alpha value is -1.26. The van der Waals surface area contributed by atoms with Crippen molar-refractivity contribution in [2.45, 2.75) is 32.7 Å². The summed E-state index contributed by atoms with van der Waals surface area (Å²) in [5.41, 5.74) is 1.18. The third-order valence-corrected chi connectivity index (χ3v) is 3.65. The second-order valence-electron chi connectivity index (χ2n) is 5.33. The number of ether oxygens (including phenoxy) is 2. The largest absolute Gasteiger partial charge is 0.497 e. The third-order valence-electron chi connectivity index (χ3n) is 3.65. The first-order valence-corrected chi connectivity index (χ1v) is 7.80. The molecule has 21 heavy (non-hydrogen) atoms. The van der Waals surface area contributed by atoms with Gasteiger partial charge in [0.25, 0.3) is 0 Å². The van der Waals surface area contributed by atoms with Gasteiger partial charge in [0.05, 0.1) is 14.2 Å². The van der Waals surface area contributed by atoms with E-state index in [1.807, 2.05) is 12.1 Å². The first-order chi connectivity index (χ1) is 10.2. The van der Waals surface area contributed by atoms with Crippen molar-refractivity contribution < 1.29 is 9.47 Å². The van der Waals surface area contributed by atoms with Gasteiger partial charge in [-0.1, -0.05) is 26.3 Å². The molecule has 1 aromatic carbocycles. The van der Waals surface area contributed by atoms with Crippen molar-refractivity contribution in [1.82, 2.24) is 10.2 Å². The van der Waals surface area contributed by atoms with Crippen LogP contribution in [0.25, 0.3) is 0 Å². The molecule has 4 nitrogen and oxygen atoms in total. The van der Waals surface area contributed by atoms with Gasteiger partial charge in [-0.05, 0) is 32.6 Å². The summed E-state index contributed by atoms with van der Waals surface area (Å²) in [4.78, 5) is 2.38. The SMILES string of the molecule is CCCCN(C)CC(NCC)c1ccc(OC)cc1OC. The number of nitrogens with one attached hydrogen (secondary N) is 1. The van der Waals surface area contributed by atoms with Gasteiger partial charge in [0, 0.05) is 24.2 Å². The highest BCUT2D eigenvalue weighted by Gasteiger charge is 2.17. The van der Waals surface area contributed by atoms with Gasteiger partial charge >= 0.3 is 0 Å². The standard InChI is InChI=1S/C17H30N2O2/c1-6-8-11-19(3)13-16(18-7-2)15-10-9-14(20-4)12-17(15)21-5/h9-10,12,16,18H,6-8,11,13H2,1-5H3. The highest BCUT2D eigenvalue weighted by Crippen LogP contribution is 2.29. The highest BCUT2D eigenvalue weighted by molar-refractivity contribution is 5.42. The third kappa shape index (κ3) is 5.56. The van der Waals surface area contributed by atoms with Crippen molar-refractivity contribution in [2.75, 3.05) is 40.9 Å². The van der Waals surface area contributed by atoms with Crippen LogP contribution in [0.5, 0.6) is 11.5 Å². The van der Waals surface area contributed by atoms with Gasteiger partial charge in [0.2, 0.25) is 0 Å². The lowest BCUT2D eigenvalue weighted by Crippen LogP contribution is -2.33. The summed E-state index contributed by atoms with van der Waals surface area (Å²) in [7, 11) is 5.56. The maximum atomic E-state index is 5.54. The van der Waals surface area contributed by atoms with E-state index in [4.69, 9.17) is 9.47 Å². The highest BCUT2D eigenvalue weighted by atomic mass is 16.5. The molecule has 0 spiro atoms. The summed E-state index contributed by atoms with van der Waals surface area (Å²) in [6.07, 6.45) is 2.46. The Kier molecular flexibility index (Phi) is 8.16. The van der Waals surface area contributed by atoms with Crippen molar-refractivity contribution in [1.29, 1.82) is 0 Å². The van der Waals surface area contributed by atoms with E-state index in [1.165, 1.54) is 18.4 Å². The van der Waals surface area contributed by atoms with Crippen molar-refractivity contribution in [2.24, 2.45) is 0 Å². The van der Waals surface area contributed by atoms with Gasteiger partial charge in [-0.15, -0.1) is 0 Å². The fourth-order valence-electron chi connectivity index (χ4n) is 2.46. The van der Waals surface area contributed by atoms with E-state index >= 15 is 0 Å². The number of unbranched alkanes of at least 4 members (excludes halogenated alkanes) is 1. The van der Waals surface area contributed by atoms with Crippen LogP contribution in [0.4, 0.5) is 0 Å². The van der Waals surface area contributed by atoms with Crippen molar-refractivity contribution in [3.63, 3.8) is 0 Å². The maximum Gasteiger partial charge on any atom is 0.127 e. The van der Waals surface area contributed by atoms with Crippen LogP contribution in [0.2, 0.25) is 0 Å². The molecule has 0 aliphatic carbocycles. The molecule has 1 rings (SSSR count). The van der Waals surface area contributed by atoms with E-state index in [0.717, 1.165) is 31.1 Å². The monoisotopic (exact) mass is 294 g/mol. The molecule has 1 unspecified atom stereocenters. The summed E-state index contributed by atoms with van der Waals surface area (Å²) in [5.74, 6) is 1.70.